The molecule has 0 bridgehead atoms. The number of aromatic nitrogens is 1. The zero-order valence-corrected chi connectivity index (χ0v) is 16.8. The molecule has 0 spiro atoms. The van der Waals surface area contributed by atoms with Crippen LogP contribution in [-0.4, -0.2) is 59.9 Å². The summed E-state index contributed by atoms with van der Waals surface area (Å²) in [7, 11) is 1.62. The van der Waals surface area contributed by atoms with Crippen LogP contribution in [0.4, 0.5) is 0 Å². The second-order valence-corrected chi connectivity index (χ2v) is 7.37. The Bertz CT molecular complexity index is 1050. The fourth-order valence-corrected chi connectivity index (χ4v) is 3.94. The molecule has 0 saturated carbocycles. The van der Waals surface area contributed by atoms with E-state index in [2.05, 4.69) is 4.98 Å². The van der Waals surface area contributed by atoms with Gasteiger partial charge in [0, 0.05) is 42.8 Å². The normalized spacial score (nSPS) is 14.3. The number of para-hydroxylation sites is 1. The number of piperazine rings is 1. The molecular formula is C23H25N3O3. The summed E-state index contributed by atoms with van der Waals surface area (Å²) in [5.41, 5.74) is 3.52. The maximum absolute atomic E-state index is 13.1. The number of amides is 2. The van der Waals surface area contributed by atoms with Gasteiger partial charge in [0.15, 0.2) is 0 Å². The molecule has 1 aromatic heterocycles. The molecule has 1 saturated heterocycles. The summed E-state index contributed by atoms with van der Waals surface area (Å²) in [6.45, 7) is 4.12. The molecule has 6 nitrogen and oxygen atoms in total. The predicted molar refractivity (Wildman–Crippen MR) is 112 cm³/mol. The molecule has 4 rings (SSSR count). The number of carbonyl (C=O) groups excluding carboxylic acids is 2. The highest BCUT2D eigenvalue weighted by atomic mass is 16.5. The van der Waals surface area contributed by atoms with Crippen LogP contribution in [0.2, 0.25) is 0 Å². The standard InChI is InChI=1S/C23H25N3O3/c1-16-22(19-8-3-4-9-20(19)24-16)23(28)26-12-10-25(11-13-26)21(27)15-17-6-5-7-18(14-17)29-2/h3-9,14,24H,10-13,15H2,1-2H3. The summed E-state index contributed by atoms with van der Waals surface area (Å²) in [5, 5.41) is 0.950. The van der Waals surface area contributed by atoms with Gasteiger partial charge in [0.05, 0.1) is 19.1 Å². The number of aromatic amines is 1. The fourth-order valence-electron chi connectivity index (χ4n) is 3.94. The second kappa shape index (κ2) is 7.99. The van der Waals surface area contributed by atoms with E-state index in [1.54, 1.807) is 7.11 Å². The van der Waals surface area contributed by atoms with Gasteiger partial charge in [0.1, 0.15) is 5.75 Å². The first-order valence-electron chi connectivity index (χ1n) is 9.84. The SMILES string of the molecule is COc1cccc(CC(=O)N2CCN(C(=O)c3c(C)[nH]c4ccccc34)CC2)c1. The van der Waals surface area contributed by atoms with Crippen LogP contribution in [0, 0.1) is 6.92 Å². The Balaban J connectivity index is 1.40. The van der Waals surface area contributed by atoms with Crippen LogP contribution in [0.3, 0.4) is 0 Å². The first-order chi connectivity index (χ1) is 14.1. The largest absolute Gasteiger partial charge is 0.497 e. The fraction of sp³-hybridized carbons (Fsp3) is 0.304. The van der Waals surface area contributed by atoms with Crippen LogP contribution >= 0.6 is 0 Å². The Morgan fingerprint density at radius 3 is 2.48 bits per heavy atom. The number of carbonyl (C=O) groups is 2. The Kier molecular flexibility index (Phi) is 5.25. The van der Waals surface area contributed by atoms with Crippen LogP contribution in [0.5, 0.6) is 5.75 Å². The number of fused-ring (bicyclic) bond motifs is 1. The molecule has 2 amide bonds. The molecule has 0 atom stereocenters. The number of ether oxygens (including phenoxy) is 1. The van der Waals surface area contributed by atoms with Crippen LogP contribution in [0.1, 0.15) is 21.6 Å². The average molecular weight is 391 g/mol. The monoisotopic (exact) mass is 391 g/mol. The minimum absolute atomic E-state index is 0.0276. The third-order valence-corrected chi connectivity index (χ3v) is 5.52. The van der Waals surface area contributed by atoms with Crippen LogP contribution < -0.4 is 4.74 Å². The summed E-state index contributed by atoms with van der Waals surface area (Å²) in [6.07, 6.45) is 0.340. The quantitative estimate of drug-likeness (QED) is 0.744. The number of rotatable bonds is 4. The second-order valence-electron chi connectivity index (χ2n) is 7.37. The predicted octanol–water partition coefficient (Wildman–Crippen LogP) is 3.01. The summed E-state index contributed by atoms with van der Waals surface area (Å²) >= 11 is 0. The molecule has 29 heavy (non-hydrogen) atoms. The molecule has 150 valence electrons. The van der Waals surface area contributed by atoms with E-state index >= 15 is 0 Å². The highest BCUT2D eigenvalue weighted by molar-refractivity contribution is 6.08. The number of methoxy groups -OCH3 is 1. The molecule has 3 aromatic rings. The summed E-state index contributed by atoms with van der Waals surface area (Å²) in [5.74, 6) is 0.855. The van der Waals surface area contributed by atoms with E-state index in [-0.39, 0.29) is 11.8 Å². The lowest BCUT2D eigenvalue weighted by Gasteiger charge is -2.35. The Morgan fingerprint density at radius 1 is 1.00 bits per heavy atom. The van der Waals surface area contributed by atoms with Gasteiger partial charge in [0.25, 0.3) is 5.91 Å². The first kappa shape index (κ1) is 19.1. The van der Waals surface area contributed by atoms with E-state index in [9.17, 15) is 9.59 Å². The van der Waals surface area contributed by atoms with E-state index in [1.807, 2.05) is 65.3 Å². The molecule has 6 heteroatoms. The number of nitrogens with one attached hydrogen (secondary N) is 1. The highest BCUT2D eigenvalue weighted by Crippen LogP contribution is 2.24. The molecule has 2 heterocycles. The lowest BCUT2D eigenvalue weighted by atomic mass is 10.1. The molecule has 0 unspecified atom stereocenters. The van der Waals surface area contributed by atoms with Gasteiger partial charge in [0.2, 0.25) is 5.91 Å². The van der Waals surface area contributed by atoms with Crippen molar-refractivity contribution in [1.29, 1.82) is 0 Å². The van der Waals surface area contributed by atoms with Crippen molar-refractivity contribution in [2.24, 2.45) is 0 Å². The summed E-state index contributed by atoms with van der Waals surface area (Å²) in [4.78, 5) is 32.8. The van der Waals surface area contributed by atoms with Crippen molar-refractivity contribution in [3.8, 4) is 5.75 Å². The zero-order valence-electron chi connectivity index (χ0n) is 16.8. The van der Waals surface area contributed by atoms with Gasteiger partial charge in [-0.25, -0.2) is 0 Å². The Morgan fingerprint density at radius 2 is 1.72 bits per heavy atom. The molecule has 1 N–H and O–H groups in total. The maximum Gasteiger partial charge on any atom is 0.256 e. The number of benzene rings is 2. The van der Waals surface area contributed by atoms with Gasteiger partial charge in [-0.3, -0.25) is 9.59 Å². The van der Waals surface area contributed by atoms with Crippen molar-refractivity contribution in [2.45, 2.75) is 13.3 Å². The minimum Gasteiger partial charge on any atom is -0.497 e. The molecule has 0 aliphatic carbocycles. The number of aryl methyl sites for hydroxylation is 1. The summed E-state index contributed by atoms with van der Waals surface area (Å²) < 4.78 is 5.23. The summed E-state index contributed by atoms with van der Waals surface area (Å²) in [6, 6.07) is 15.4. The van der Waals surface area contributed by atoms with Crippen molar-refractivity contribution in [1.82, 2.24) is 14.8 Å². The first-order valence-corrected chi connectivity index (χ1v) is 9.84. The minimum atomic E-state index is 0.0276. The molecule has 1 fully saturated rings. The third-order valence-electron chi connectivity index (χ3n) is 5.52. The lowest BCUT2D eigenvalue weighted by Crippen LogP contribution is -2.51. The van der Waals surface area contributed by atoms with Gasteiger partial charge in [-0.15, -0.1) is 0 Å². The smallest absolute Gasteiger partial charge is 0.256 e. The van der Waals surface area contributed by atoms with Crippen molar-refractivity contribution >= 4 is 22.7 Å². The Hall–Kier alpha value is -3.28. The number of nitrogens with zero attached hydrogens (tertiary/aromatic N) is 2. The average Bonchev–Trinajstić information content (AvgIpc) is 3.09. The van der Waals surface area contributed by atoms with Crippen LogP contribution in [0.25, 0.3) is 10.9 Å². The molecule has 1 aliphatic heterocycles. The van der Waals surface area contributed by atoms with E-state index in [0.717, 1.165) is 33.5 Å². The van der Waals surface area contributed by atoms with Crippen LogP contribution in [0.15, 0.2) is 48.5 Å². The van der Waals surface area contributed by atoms with Crippen molar-refractivity contribution in [3.63, 3.8) is 0 Å². The van der Waals surface area contributed by atoms with Gasteiger partial charge < -0.3 is 19.5 Å². The Labute approximate surface area is 170 Å². The van der Waals surface area contributed by atoms with Gasteiger partial charge >= 0.3 is 0 Å². The van der Waals surface area contributed by atoms with E-state index in [0.29, 0.717) is 32.6 Å². The van der Waals surface area contributed by atoms with Gasteiger partial charge in [-0.05, 0) is 30.7 Å². The van der Waals surface area contributed by atoms with Crippen molar-refractivity contribution in [2.75, 3.05) is 33.3 Å². The maximum atomic E-state index is 13.1. The van der Waals surface area contributed by atoms with E-state index < -0.39 is 0 Å². The molecule has 2 aromatic carbocycles. The lowest BCUT2D eigenvalue weighted by molar-refractivity contribution is -0.131. The number of H-pyrrole nitrogens is 1. The molecule has 0 radical (unpaired) electrons. The number of hydrogen-bond acceptors (Lipinski definition) is 3. The molecule has 1 aliphatic rings. The van der Waals surface area contributed by atoms with E-state index in [1.165, 1.54) is 0 Å². The zero-order chi connectivity index (χ0) is 20.4. The van der Waals surface area contributed by atoms with Gasteiger partial charge in [-0.2, -0.15) is 0 Å². The van der Waals surface area contributed by atoms with Crippen molar-refractivity contribution < 1.29 is 14.3 Å². The van der Waals surface area contributed by atoms with Crippen LogP contribution in [-0.2, 0) is 11.2 Å². The highest BCUT2D eigenvalue weighted by Gasteiger charge is 2.27. The van der Waals surface area contributed by atoms with Gasteiger partial charge in [-0.1, -0.05) is 30.3 Å². The topological polar surface area (TPSA) is 65.6 Å². The van der Waals surface area contributed by atoms with E-state index in [4.69, 9.17) is 4.74 Å². The number of hydrogen-bond donors (Lipinski definition) is 1. The third kappa shape index (κ3) is 3.83. The molecular weight excluding hydrogens is 366 g/mol. The van der Waals surface area contributed by atoms with Crippen molar-refractivity contribution in [3.05, 3.63) is 65.4 Å².